The lowest BCUT2D eigenvalue weighted by atomic mass is 10.0. The summed E-state index contributed by atoms with van der Waals surface area (Å²) in [6.45, 7) is 0.719. The maximum absolute atomic E-state index is 12.7. The summed E-state index contributed by atoms with van der Waals surface area (Å²) in [5.74, 6) is -0.630. The van der Waals surface area contributed by atoms with Gasteiger partial charge in [0.05, 0.1) is 5.56 Å². The fourth-order valence-electron chi connectivity index (χ4n) is 2.80. The first-order chi connectivity index (χ1) is 12.8. The molecular formula is C17H16F3N3O2S2. The maximum Gasteiger partial charge on any atom is 0.447 e. The fraction of sp³-hybridized carbons (Fsp3) is 0.353. The normalized spacial score (nSPS) is 15.6. The van der Waals surface area contributed by atoms with Gasteiger partial charge in [0, 0.05) is 48.0 Å². The molecule has 144 valence electrons. The fourth-order valence-corrected chi connectivity index (χ4v) is 4.04. The molecule has 0 spiro atoms. The van der Waals surface area contributed by atoms with Crippen molar-refractivity contribution < 1.29 is 22.8 Å². The van der Waals surface area contributed by atoms with Crippen molar-refractivity contribution in [1.82, 2.24) is 15.2 Å². The Morgan fingerprint density at radius 2 is 2.00 bits per heavy atom. The van der Waals surface area contributed by atoms with Crippen molar-refractivity contribution in [3.05, 3.63) is 46.3 Å². The first-order valence-corrected chi connectivity index (χ1v) is 9.92. The van der Waals surface area contributed by atoms with E-state index in [4.69, 9.17) is 0 Å². The van der Waals surface area contributed by atoms with Crippen LogP contribution in [0.15, 0.2) is 40.2 Å². The van der Waals surface area contributed by atoms with Gasteiger partial charge in [-0.25, -0.2) is 4.98 Å². The first-order valence-electron chi connectivity index (χ1n) is 8.16. The van der Waals surface area contributed by atoms with E-state index in [1.165, 1.54) is 34.6 Å². The lowest BCUT2D eigenvalue weighted by Gasteiger charge is -2.32. The van der Waals surface area contributed by atoms with Gasteiger partial charge in [-0.15, -0.1) is 0 Å². The number of carbonyl (C=O) groups excluding carboxylic acids is 2. The van der Waals surface area contributed by atoms with Crippen LogP contribution in [-0.4, -0.2) is 46.3 Å². The summed E-state index contributed by atoms with van der Waals surface area (Å²) in [4.78, 5) is 29.9. The highest BCUT2D eigenvalue weighted by atomic mass is 32.2. The van der Waals surface area contributed by atoms with Gasteiger partial charge in [-0.05, 0) is 36.4 Å². The van der Waals surface area contributed by atoms with Gasteiger partial charge >= 0.3 is 5.51 Å². The van der Waals surface area contributed by atoms with E-state index in [9.17, 15) is 22.8 Å². The zero-order chi connectivity index (χ0) is 19.4. The zero-order valence-electron chi connectivity index (χ0n) is 14.0. The number of carbonyl (C=O) groups is 2. The second-order valence-corrected chi connectivity index (χ2v) is 7.79. The van der Waals surface area contributed by atoms with Crippen molar-refractivity contribution in [3.63, 3.8) is 0 Å². The van der Waals surface area contributed by atoms with E-state index in [0.717, 1.165) is 0 Å². The molecule has 1 aliphatic rings. The maximum atomic E-state index is 12.7. The van der Waals surface area contributed by atoms with Crippen LogP contribution in [0.25, 0.3) is 0 Å². The molecule has 0 aromatic carbocycles. The first kappa shape index (κ1) is 19.7. The third-order valence-corrected chi connectivity index (χ3v) is 5.55. The average molecular weight is 415 g/mol. The molecule has 1 fully saturated rings. The van der Waals surface area contributed by atoms with Gasteiger partial charge in [-0.3, -0.25) is 9.59 Å². The standard InChI is InChI=1S/C17H16F3N3O2S2/c18-17(19,20)27-15-13(2-1-6-21-15)16(25)23-7-3-12(4-8-23)22-14(24)11-5-9-26-10-11/h1-2,5-6,9-10,12H,3-4,7-8H2,(H,22,24). The number of thioether (sulfide) groups is 1. The summed E-state index contributed by atoms with van der Waals surface area (Å²) in [5.41, 5.74) is -3.97. The highest BCUT2D eigenvalue weighted by Crippen LogP contribution is 2.37. The van der Waals surface area contributed by atoms with Crippen LogP contribution in [0.2, 0.25) is 0 Å². The van der Waals surface area contributed by atoms with E-state index < -0.39 is 11.4 Å². The van der Waals surface area contributed by atoms with Crippen LogP contribution in [0.4, 0.5) is 13.2 Å². The summed E-state index contributed by atoms with van der Waals surface area (Å²) >= 11 is 1.05. The largest absolute Gasteiger partial charge is 0.447 e. The van der Waals surface area contributed by atoms with Crippen LogP contribution < -0.4 is 5.32 Å². The molecule has 2 amide bonds. The summed E-state index contributed by atoms with van der Waals surface area (Å²) in [5, 5.41) is 6.16. The molecule has 1 saturated heterocycles. The van der Waals surface area contributed by atoms with Crippen molar-refractivity contribution in [2.75, 3.05) is 13.1 Å². The Kier molecular flexibility index (Phi) is 6.05. The predicted molar refractivity (Wildman–Crippen MR) is 96.9 cm³/mol. The smallest absolute Gasteiger partial charge is 0.349 e. The lowest BCUT2D eigenvalue weighted by molar-refractivity contribution is -0.0329. The van der Waals surface area contributed by atoms with E-state index in [-0.39, 0.29) is 34.3 Å². The van der Waals surface area contributed by atoms with E-state index in [0.29, 0.717) is 31.5 Å². The Bertz CT molecular complexity index is 804. The highest BCUT2D eigenvalue weighted by molar-refractivity contribution is 8.00. The SMILES string of the molecule is O=C(NC1CCN(C(=O)c2cccnc2SC(F)(F)F)CC1)c1ccsc1. The summed E-state index contributed by atoms with van der Waals surface area (Å²) in [6, 6.07) is 4.47. The Morgan fingerprint density at radius 1 is 1.26 bits per heavy atom. The molecule has 0 aliphatic carbocycles. The van der Waals surface area contributed by atoms with Gasteiger partial charge < -0.3 is 10.2 Å². The number of piperidine rings is 1. The molecule has 0 radical (unpaired) electrons. The minimum atomic E-state index is -4.51. The van der Waals surface area contributed by atoms with Crippen molar-refractivity contribution in [2.24, 2.45) is 0 Å². The van der Waals surface area contributed by atoms with Crippen LogP contribution in [-0.2, 0) is 0 Å². The average Bonchev–Trinajstić information content (AvgIpc) is 3.16. The molecule has 2 aromatic heterocycles. The van der Waals surface area contributed by atoms with Crippen molar-refractivity contribution in [2.45, 2.75) is 29.4 Å². The Labute approximate surface area is 162 Å². The minimum absolute atomic E-state index is 0.0550. The van der Waals surface area contributed by atoms with Gasteiger partial charge in [-0.2, -0.15) is 24.5 Å². The second-order valence-electron chi connectivity index (χ2n) is 5.96. The van der Waals surface area contributed by atoms with Crippen LogP contribution >= 0.6 is 23.1 Å². The zero-order valence-corrected chi connectivity index (χ0v) is 15.7. The van der Waals surface area contributed by atoms with Crippen LogP contribution in [0, 0.1) is 0 Å². The minimum Gasteiger partial charge on any atom is -0.349 e. The van der Waals surface area contributed by atoms with Gasteiger partial charge in [0.25, 0.3) is 11.8 Å². The van der Waals surface area contributed by atoms with E-state index >= 15 is 0 Å². The van der Waals surface area contributed by atoms with Gasteiger partial charge in [0.2, 0.25) is 0 Å². The van der Waals surface area contributed by atoms with Crippen molar-refractivity contribution in [3.8, 4) is 0 Å². The number of thiophene rings is 1. The molecule has 0 saturated carbocycles. The Hall–Kier alpha value is -2.07. The number of likely N-dealkylation sites (tertiary alicyclic amines) is 1. The molecule has 1 aliphatic heterocycles. The summed E-state index contributed by atoms with van der Waals surface area (Å²) < 4.78 is 38.0. The number of hydrogen-bond acceptors (Lipinski definition) is 5. The molecule has 0 atom stereocenters. The quantitative estimate of drug-likeness (QED) is 0.772. The summed E-state index contributed by atoms with van der Waals surface area (Å²) in [6.07, 6.45) is 2.32. The number of hydrogen-bond donors (Lipinski definition) is 1. The Balaban J connectivity index is 1.60. The van der Waals surface area contributed by atoms with Gasteiger partial charge in [-0.1, -0.05) is 0 Å². The predicted octanol–water partition coefficient (Wildman–Crippen LogP) is 3.79. The molecule has 0 bridgehead atoms. The van der Waals surface area contributed by atoms with E-state index in [2.05, 4.69) is 10.3 Å². The van der Waals surface area contributed by atoms with Crippen LogP contribution in [0.5, 0.6) is 0 Å². The number of rotatable bonds is 4. The molecule has 10 heteroatoms. The van der Waals surface area contributed by atoms with E-state index in [1.54, 1.807) is 11.4 Å². The second kappa shape index (κ2) is 8.30. The van der Waals surface area contributed by atoms with Crippen molar-refractivity contribution in [1.29, 1.82) is 0 Å². The molecule has 27 heavy (non-hydrogen) atoms. The number of amides is 2. The monoisotopic (exact) mass is 415 g/mol. The molecule has 2 aromatic rings. The van der Waals surface area contributed by atoms with E-state index in [1.807, 2.05) is 5.38 Å². The van der Waals surface area contributed by atoms with Crippen LogP contribution in [0.1, 0.15) is 33.6 Å². The van der Waals surface area contributed by atoms with Gasteiger partial charge in [0.15, 0.2) is 0 Å². The third-order valence-electron chi connectivity index (χ3n) is 4.11. The number of alkyl halides is 3. The summed E-state index contributed by atoms with van der Waals surface area (Å²) in [7, 11) is 0. The number of aromatic nitrogens is 1. The number of halogens is 3. The number of nitrogens with one attached hydrogen (secondary N) is 1. The lowest BCUT2D eigenvalue weighted by Crippen LogP contribution is -2.46. The van der Waals surface area contributed by atoms with Crippen LogP contribution in [0.3, 0.4) is 0 Å². The topological polar surface area (TPSA) is 62.3 Å². The van der Waals surface area contributed by atoms with Crippen molar-refractivity contribution >= 4 is 34.9 Å². The third kappa shape index (κ3) is 5.23. The Morgan fingerprint density at radius 3 is 2.63 bits per heavy atom. The molecule has 0 unspecified atom stereocenters. The highest BCUT2D eigenvalue weighted by Gasteiger charge is 2.33. The number of nitrogens with zero attached hydrogens (tertiary/aromatic N) is 2. The molecule has 1 N–H and O–H groups in total. The van der Waals surface area contributed by atoms with Gasteiger partial charge in [0.1, 0.15) is 5.03 Å². The molecule has 3 heterocycles. The number of pyridine rings is 1. The molecular weight excluding hydrogens is 399 g/mol. The molecule has 3 rings (SSSR count). The molecule has 5 nitrogen and oxygen atoms in total.